The van der Waals surface area contributed by atoms with Gasteiger partial charge in [0.2, 0.25) is 5.91 Å². The summed E-state index contributed by atoms with van der Waals surface area (Å²) in [6.45, 7) is 1.89. The lowest BCUT2D eigenvalue weighted by molar-refractivity contribution is -0.115. The van der Waals surface area contributed by atoms with Crippen molar-refractivity contribution in [1.29, 1.82) is 0 Å². The van der Waals surface area contributed by atoms with E-state index in [2.05, 4.69) is 10.3 Å². The Balaban J connectivity index is 2.17. The molecule has 0 saturated heterocycles. The first-order valence-electron chi connectivity index (χ1n) is 6.25. The molecule has 0 radical (unpaired) electrons. The Labute approximate surface area is 120 Å². The summed E-state index contributed by atoms with van der Waals surface area (Å²) in [5.41, 5.74) is 0.561. The van der Waals surface area contributed by atoms with E-state index in [1.807, 2.05) is 18.0 Å². The Morgan fingerprint density at radius 2 is 2.00 bits per heavy atom. The molecule has 21 heavy (non-hydrogen) atoms. The molecule has 2 rings (SSSR count). The van der Waals surface area contributed by atoms with E-state index in [0.29, 0.717) is 11.4 Å². The Kier molecular flexibility index (Phi) is 4.22. The summed E-state index contributed by atoms with van der Waals surface area (Å²) in [6.07, 6.45) is -0.115. The molecule has 7 nitrogen and oxygen atoms in total. The van der Waals surface area contributed by atoms with Crippen LogP contribution in [0, 0.1) is 6.92 Å². The number of hydrogen-bond acceptors (Lipinski definition) is 4. The second-order valence-electron chi connectivity index (χ2n) is 4.54. The molecule has 0 saturated carbocycles. The Morgan fingerprint density at radius 1 is 1.24 bits per heavy atom. The molecule has 3 N–H and O–H groups in total. The van der Waals surface area contributed by atoms with Crippen molar-refractivity contribution in [1.82, 2.24) is 9.97 Å². The molecule has 0 aliphatic rings. The zero-order valence-corrected chi connectivity index (χ0v) is 11.6. The summed E-state index contributed by atoms with van der Waals surface area (Å²) >= 11 is 0. The number of anilines is 1. The lowest BCUT2D eigenvalue weighted by Gasteiger charge is -2.10. The molecule has 0 aliphatic carbocycles. The average molecular weight is 289 g/mol. The number of carbonyl (C=O) groups excluding carboxylic acids is 1. The predicted molar refractivity (Wildman–Crippen MR) is 77.7 cm³/mol. The van der Waals surface area contributed by atoms with E-state index in [1.165, 1.54) is 13.2 Å². The first-order valence-corrected chi connectivity index (χ1v) is 6.25. The van der Waals surface area contributed by atoms with E-state index >= 15 is 0 Å². The second-order valence-corrected chi connectivity index (χ2v) is 4.54. The highest BCUT2D eigenvalue weighted by Crippen LogP contribution is 2.25. The van der Waals surface area contributed by atoms with Crippen molar-refractivity contribution in [2.24, 2.45) is 0 Å². The number of H-pyrrole nitrogens is 2. The zero-order valence-electron chi connectivity index (χ0n) is 11.6. The molecule has 0 bridgehead atoms. The number of amides is 1. The van der Waals surface area contributed by atoms with Gasteiger partial charge in [0, 0.05) is 11.8 Å². The first-order chi connectivity index (χ1) is 9.97. The zero-order chi connectivity index (χ0) is 15.4. The number of benzene rings is 1. The monoisotopic (exact) mass is 289 g/mol. The molecular formula is C14H15N3O4. The van der Waals surface area contributed by atoms with Gasteiger partial charge in [-0.1, -0.05) is 6.07 Å². The minimum absolute atomic E-state index is 0.115. The summed E-state index contributed by atoms with van der Waals surface area (Å²) in [4.78, 5) is 38.7. The highest BCUT2D eigenvalue weighted by Gasteiger charge is 2.09. The van der Waals surface area contributed by atoms with Gasteiger partial charge in [-0.25, -0.2) is 4.79 Å². The van der Waals surface area contributed by atoms with E-state index < -0.39 is 11.2 Å². The third-order valence-electron chi connectivity index (χ3n) is 2.80. The van der Waals surface area contributed by atoms with Gasteiger partial charge in [-0.3, -0.25) is 14.6 Å². The van der Waals surface area contributed by atoms with Crippen LogP contribution in [0.3, 0.4) is 0 Å². The summed E-state index contributed by atoms with van der Waals surface area (Å²) < 4.78 is 5.16. The van der Waals surface area contributed by atoms with Crippen LogP contribution in [0.1, 0.15) is 11.3 Å². The van der Waals surface area contributed by atoms with E-state index in [9.17, 15) is 14.4 Å². The molecule has 1 amide bonds. The smallest absolute Gasteiger partial charge is 0.325 e. The Bertz CT molecular complexity index is 748. The van der Waals surface area contributed by atoms with E-state index in [-0.39, 0.29) is 18.0 Å². The van der Waals surface area contributed by atoms with E-state index in [1.54, 1.807) is 12.1 Å². The normalized spacial score (nSPS) is 10.2. The van der Waals surface area contributed by atoms with Gasteiger partial charge in [0.25, 0.3) is 5.56 Å². The van der Waals surface area contributed by atoms with Gasteiger partial charge in [0.05, 0.1) is 19.2 Å². The highest BCUT2D eigenvalue weighted by atomic mass is 16.5. The van der Waals surface area contributed by atoms with Crippen LogP contribution in [0.15, 0.2) is 33.9 Å². The molecule has 0 fully saturated rings. The van der Waals surface area contributed by atoms with Crippen LogP contribution in [-0.2, 0) is 11.2 Å². The van der Waals surface area contributed by atoms with Gasteiger partial charge < -0.3 is 15.0 Å². The molecule has 0 unspecified atom stereocenters. The molecule has 0 atom stereocenters. The first kappa shape index (κ1) is 14.6. The SMILES string of the molecule is COc1ccc(C)cc1NC(=O)Cc1cc(=O)[nH]c(=O)[nH]1. The number of aromatic nitrogens is 2. The molecule has 1 aromatic heterocycles. The van der Waals surface area contributed by atoms with Gasteiger partial charge in [-0.15, -0.1) is 0 Å². The van der Waals surface area contributed by atoms with E-state index in [4.69, 9.17) is 4.74 Å². The number of aryl methyl sites for hydroxylation is 1. The fourth-order valence-corrected chi connectivity index (χ4v) is 1.90. The molecule has 1 aromatic carbocycles. The average Bonchev–Trinajstić information content (AvgIpc) is 2.37. The van der Waals surface area contributed by atoms with Gasteiger partial charge in [-0.05, 0) is 24.6 Å². The van der Waals surface area contributed by atoms with Crippen LogP contribution in [0.25, 0.3) is 0 Å². The number of aromatic amines is 2. The topological polar surface area (TPSA) is 104 Å². The van der Waals surface area contributed by atoms with E-state index in [0.717, 1.165) is 5.56 Å². The molecule has 7 heteroatoms. The minimum Gasteiger partial charge on any atom is -0.495 e. The molecule has 0 aliphatic heterocycles. The third kappa shape index (κ3) is 3.82. The summed E-state index contributed by atoms with van der Waals surface area (Å²) in [5.74, 6) is 0.175. The standard InChI is InChI=1S/C14H15N3O4/c1-8-3-4-11(21-2)10(5-8)16-12(18)6-9-7-13(19)17-14(20)15-9/h3-5,7H,6H2,1-2H3,(H,16,18)(H2,15,17,19,20). The highest BCUT2D eigenvalue weighted by molar-refractivity contribution is 5.93. The van der Waals surface area contributed by atoms with Gasteiger partial charge >= 0.3 is 5.69 Å². The maximum absolute atomic E-state index is 12.0. The van der Waals surface area contributed by atoms with Gasteiger partial charge in [-0.2, -0.15) is 0 Å². The van der Waals surface area contributed by atoms with Crippen molar-refractivity contribution in [3.05, 3.63) is 56.4 Å². The lowest BCUT2D eigenvalue weighted by atomic mass is 10.2. The van der Waals surface area contributed by atoms with Gasteiger partial charge in [0.1, 0.15) is 5.75 Å². The molecule has 0 spiro atoms. The van der Waals surface area contributed by atoms with Crippen molar-refractivity contribution in [2.45, 2.75) is 13.3 Å². The predicted octanol–water partition coefficient (Wildman–Crippen LogP) is 0.561. The van der Waals surface area contributed by atoms with Crippen LogP contribution < -0.4 is 21.3 Å². The Morgan fingerprint density at radius 3 is 2.67 bits per heavy atom. The van der Waals surface area contributed by atoms with Crippen LogP contribution in [0.2, 0.25) is 0 Å². The van der Waals surface area contributed by atoms with Crippen molar-refractivity contribution in [2.75, 3.05) is 12.4 Å². The third-order valence-corrected chi connectivity index (χ3v) is 2.80. The second kappa shape index (κ2) is 6.08. The minimum atomic E-state index is -0.640. The number of hydrogen-bond donors (Lipinski definition) is 3. The van der Waals surface area contributed by atoms with Crippen molar-refractivity contribution in [3.8, 4) is 5.75 Å². The summed E-state index contributed by atoms with van der Waals surface area (Å²) in [6, 6.07) is 6.56. The number of nitrogens with one attached hydrogen (secondary N) is 3. The summed E-state index contributed by atoms with van der Waals surface area (Å²) in [7, 11) is 1.51. The largest absolute Gasteiger partial charge is 0.495 e. The van der Waals surface area contributed by atoms with Crippen LogP contribution in [0.4, 0.5) is 5.69 Å². The quantitative estimate of drug-likeness (QED) is 0.765. The van der Waals surface area contributed by atoms with Crippen LogP contribution >= 0.6 is 0 Å². The maximum Gasteiger partial charge on any atom is 0.325 e. The van der Waals surface area contributed by atoms with Crippen molar-refractivity contribution < 1.29 is 9.53 Å². The maximum atomic E-state index is 12.0. The fraction of sp³-hybridized carbons (Fsp3) is 0.214. The molecular weight excluding hydrogens is 274 g/mol. The number of rotatable bonds is 4. The number of methoxy groups -OCH3 is 1. The van der Waals surface area contributed by atoms with Crippen LogP contribution in [-0.4, -0.2) is 23.0 Å². The molecule has 2 aromatic rings. The lowest BCUT2D eigenvalue weighted by Crippen LogP contribution is -2.25. The van der Waals surface area contributed by atoms with Gasteiger partial charge in [0.15, 0.2) is 0 Å². The molecule has 110 valence electrons. The fourth-order valence-electron chi connectivity index (χ4n) is 1.90. The van der Waals surface area contributed by atoms with Crippen molar-refractivity contribution >= 4 is 11.6 Å². The van der Waals surface area contributed by atoms with Crippen LogP contribution in [0.5, 0.6) is 5.75 Å². The van der Waals surface area contributed by atoms with Crippen molar-refractivity contribution in [3.63, 3.8) is 0 Å². The number of carbonyl (C=O) groups is 1. The molecule has 1 heterocycles. The number of ether oxygens (including phenoxy) is 1. The Hall–Kier alpha value is -2.83. The summed E-state index contributed by atoms with van der Waals surface area (Å²) in [5, 5.41) is 2.69.